The highest BCUT2D eigenvalue weighted by Crippen LogP contribution is 2.29. The predicted molar refractivity (Wildman–Crippen MR) is 79.2 cm³/mol. The highest BCUT2D eigenvalue weighted by Gasteiger charge is 2.10. The quantitative estimate of drug-likeness (QED) is 0.841. The molecule has 0 unspecified atom stereocenters. The highest BCUT2D eigenvalue weighted by atomic mass is 35.5. The van der Waals surface area contributed by atoms with Gasteiger partial charge in [-0.1, -0.05) is 47.5 Å². The summed E-state index contributed by atoms with van der Waals surface area (Å²) >= 11 is 11.8. The first-order valence-electron chi connectivity index (χ1n) is 5.15. The van der Waals surface area contributed by atoms with E-state index < -0.39 is 5.97 Å². The summed E-state index contributed by atoms with van der Waals surface area (Å²) in [4.78, 5) is 16.6. The Kier molecular flexibility index (Phi) is 5.96. The number of rotatable bonds is 3. The van der Waals surface area contributed by atoms with Gasteiger partial charge in [0.05, 0.1) is 15.6 Å². The van der Waals surface area contributed by atoms with Gasteiger partial charge in [-0.2, -0.15) is 0 Å². The van der Waals surface area contributed by atoms with Crippen LogP contribution in [0.4, 0.5) is 5.69 Å². The molecule has 0 bridgehead atoms. The van der Waals surface area contributed by atoms with Crippen molar-refractivity contribution in [3.8, 4) is 0 Å². The average Bonchev–Trinajstić information content (AvgIpc) is 2.39. The van der Waals surface area contributed by atoms with E-state index in [-0.39, 0.29) is 12.4 Å². The number of anilines is 1. The van der Waals surface area contributed by atoms with Gasteiger partial charge in [-0.3, -0.25) is 0 Å². The van der Waals surface area contributed by atoms with Crippen LogP contribution in [-0.4, -0.2) is 5.97 Å². The molecule has 0 fully saturated rings. The maximum atomic E-state index is 11.7. The first-order valence-corrected chi connectivity index (χ1v) is 5.90. The molecular weight excluding hydrogens is 309 g/mol. The van der Waals surface area contributed by atoms with E-state index in [9.17, 15) is 4.79 Å². The number of hydrogen-bond acceptors (Lipinski definition) is 3. The van der Waals surface area contributed by atoms with Crippen molar-refractivity contribution in [3.63, 3.8) is 0 Å². The standard InChI is InChI=1S/C13H9Cl2NO2.ClH/c14-10-7-4-8-11(15)12(10)16-18-13(17)9-5-2-1-3-6-9;/h1-8,16H;1H. The van der Waals surface area contributed by atoms with E-state index in [1.807, 2.05) is 6.07 Å². The van der Waals surface area contributed by atoms with Gasteiger partial charge in [0, 0.05) is 0 Å². The van der Waals surface area contributed by atoms with Crippen molar-refractivity contribution in [3.05, 3.63) is 64.1 Å². The van der Waals surface area contributed by atoms with Crippen LogP contribution < -0.4 is 5.48 Å². The minimum Gasteiger partial charge on any atom is -0.338 e. The molecule has 0 aliphatic rings. The Morgan fingerprint density at radius 3 is 2.11 bits per heavy atom. The summed E-state index contributed by atoms with van der Waals surface area (Å²) in [7, 11) is 0. The van der Waals surface area contributed by atoms with Gasteiger partial charge in [-0.15, -0.1) is 12.4 Å². The zero-order valence-electron chi connectivity index (χ0n) is 9.60. The normalized spacial score (nSPS) is 9.37. The van der Waals surface area contributed by atoms with Gasteiger partial charge in [0.1, 0.15) is 5.69 Å². The van der Waals surface area contributed by atoms with Crippen molar-refractivity contribution < 1.29 is 9.63 Å². The molecule has 6 heteroatoms. The molecule has 0 saturated carbocycles. The fourth-order valence-corrected chi connectivity index (χ4v) is 1.80. The largest absolute Gasteiger partial charge is 0.362 e. The van der Waals surface area contributed by atoms with Crippen LogP contribution >= 0.6 is 35.6 Å². The maximum absolute atomic E-state index is 11.7. The van der Waals surface area contributed by atoms with Crippen molar-refractivity contribution in [1.29, 1.82) is 0 Å². The Bertz CT molecular complexity index is 541. The van der Waals surface area contributed by atoms with Crippen LogP contribution in [0.15, 0.2) is 48.5 Å². The zero-order valence-corrected chi connectivity index (χ0v) is 11.9. The molecule has 0 atom stereocenters. The van der Waals surface area contributed by atoms with E-state index in [1.54, 1.807) is 42.5 Å². The third-order valence-electron chi connectivity index (χ3n) is 2.22. The lowest BCUT2D eigenvalue weighted by Crippen LogP contribution is -2.11. The van der Waals surface area contributed by atoms with E-state index in [0.717, 1.165) is 0 Å². The summed E-state index contributed by atoms with van der Waals surface area (Å²) in [5, 5.41) is 0.756. The fraction of sp³-hybridized carbons (Fsp3) is 0. The maximum Gasteiger partial charge on any atom is 0.362 e. The third-order valence-corrected chi connectivity index (χ3v) is 2.85. The minimum atomic E-state index is -0.508. The summed E-state index contributed by atoms with van der Waals surface area (Å²) in [5.41, 5.74) is 3.27. The molecule has 0 spiro atoms. The van der Waals surface area contributed by atoms with Crippen LogP contribution in [0.25, 0.3) is 0 Å². The van der Waals surface area contributed by atoms with Crippen molar-refractivity contribution in [2.45, 2.75) is 0 Å². The zero-order chi connectivity index (χ0) is 13.0. The van der Waals surface area contributed by atoms with Crippen LogP contribution in [0.2, 0.25) is 10.0 Å². The molecule has 0 amide bonds. The second kappa shape index (κ2) is 7.24. The smallest absolute Gasteiger partial charge is 0.338 e. The third kappa shape index (κ3) is 4.03. The van der Waals surface area contributed by atoms with Gasteiger partial charge < -0.3 is 4.84 Å². The summed E-state index contributed by atoms with van der Waals surface area (Å²) in [6.07, 6.45) is 0. The lowest BCUT2D eigenvalue weighted by atomic mass is 10.2. The molecule has 2 aromatic carbocycles. The Morgan fingerprint density at radius 1 is 0.947 bits per heavy atom. The summed E-state index contributed by atoms with van der Waals surface area (Å²) in [5.74, 6) is -0.508. The number of para-hydroxylation sites is 1. The van der Waals surface area contributed by atoms with Crippen LogP contribution in [0.1, 0.15) is 10.4 Å². The van der Waals surface area contributed by atoms with E-state index in [1.165, 1.54) is 0 Å². The molecule has 100 valence electrons. The van der Waals surface area contributed by atoms with Gasteiger partial charge in [0.25, 0.3) is 0 Å². The molecule has 0 aliphatic carbocycles. The molecule has 0 aromatic heterocycles. The molecule has 0 aliphatic heterocycles. The minimum absolute atomic E-state index is 0. The Morgan fingerprint density at radius 2 is 1.53 bits per heavy atom. The number of halogens is 3. The van der Waals surface area contributed by atoms with Crippen LogP contribution in [0.5, 0.6) is 0 Å². The Labute approximate surface area is 126 Å². The highest BCUT2D eigenvalue weighted by molar-refractivity contribution is 6.39. The van der Waals surface area contributed by atoms with E-state index in [0.29, 0.717) is 21.3 Å². The molecule has 1 N–H and O–H groups in total. The average molecular weight is 319 g/mol. The van der Waals surface area contributed by atoms with Gasteiger partial charge in [0.2, 0.25) is 0 Å². The molecule has 3 nitrogen and oxygen atoms in total. The van der Waals surface area contributed by atoms with Crippen molar-refractivity contribution >= 4 is 47.3 Å². The summed E-state index contributed by atoms with van der Waals surface area (Å²) < 4.78 is 0. The first kappa shape index (κ1) is 15.6. The molecule has 0 heterocycles. The van der Waals surface area contributed by atoms with Crippen molar-refractivity contribution in [1.82, 2.24) is 0 Å². The summed E-state index contributed by atoms with van der Waals surface area (Å²) in [6, 6.07) is 13.6. The number of carbonyl (C=O) groups is 1. The van der Waals surface area contributed by atoms with Crippen LogP contribution in [-0.2, 0) is 4.84 Å². The van der Waals surface area contributed by atoms with Gasteiger partial charge in [0.15, 0.2) is 0 Å². The molecule has 19 heavy (non-hydrogen) atoms. The predicted octanol–water partition coefficient (Wildman–Crippen LogP) is 4.60. The number of nitrogens with one attached hydrogen (secondary N) is 1. The molecule has 2 rings (SSSR count). The lowest BCUT2D eigenvalue weighted by molar-refractivity contribution is 0.0596. The molecular formula is C13H10Cl3NO2. The van der Waals surface area contributed by atoms with Gasteiger partial charge in [-0.25, -0.2) is 10.3 Å². The second-order valence-electron chi connectivity index (χ2n) is 3.45. The van der Waals surface area contributed by atoms with Crippen molar-refractivity contribution in [2.75, 3.05) is 5.48 Å². The molecule has 2 aromatic rings. The van der Waals surface area contributed by atoms with E-state index >= 15 is 0 Å². The van der Waals surface area contributed by atoms with Gasteiger partial charge in [-0.05, 0) is 24.3 Å². The first-order chi connectivity index (χ1) is 8.68. The fourth-order valence-electron chi connectivity index (χ4n) is 1.33. The SMILES string of the molecule is Cl.O=C(ONc1c(Cl)cccc1Cl)c1ccccc1. The number of hydrogen-bond donors (Lipinski definition) is 1. The van der Waals surface area contributed by atoms with Crippen LogP contribution in [0, 0.1) is 0 Å². The Balaban J connectivity index is 0.00000180. The number of carbonyl (C=O) groups excluding carboxylic acids is 1. The van der Waals surface area contributed by atoms with Gasteiger partial charge >= 0.3 is 5.97 Å². The topological polar surface area (TPSA) is 38.3 Å². The second-order valence-corrected chi connectivity index (χ2v) is 4.27. The molecule has 0 saturated heterocycles. The Hall–Kier alpha value is -1.42. The number of benzene rings is 2. The van der Waals surface area contributed by atoms with E-state index in [4.69, 9.17) is 28.0 Å². The summed E-state index contributed by atoms with van der Waals surface area (Å²) in [6.45, 7) is 0. The molecule has 0 radical (unpaired) electrons. The lowest BCUT2D eigenvalue weighted by Gasteiger charge is -2.09. The van der Waals surface area contributed by atoms with Crippen LogP contribution in [0.3, 0.4) is 0 Å². The van der Waals surface area contributed by atoms with E-state index in [2.05, 4.69) is 5.48 Å². The monoisotopic (exact) mass is 317 g/mol. The van der Waals surface area contributed by atoms with Crippen molar-refractivity contribution in [2.24, 2.45) is 0 Å².